The Bertz CT molecular complexity index is 988. The van der Waals surface area contributed by atoms with Crippen LogP contribution in [-0.4, -0.2) is 32.3 Å². The molecule has 0 saturated heterocycles. The van der Waals surface area contributed by atoms with Gasteiger partial charge in [0.2, 0.25) is 18.2 Å². The second kappa shape index (κ2) is 15.7. The van der Waals surface area contributed by atoms with Gasteiger partial charge >= 0.3 is 0 Å². The molecule has 0 aliphatic carbocycles. The lowest BCUT2D eigenvalue weighted by Crippen LogP contribution is -1.93. The average Bonchev–Trinajstić information content (AvgIpc) is 2.81. The number of aliphatic imine (C=N–C) groups is 3. The topological polar surface area (TPSA) is 88.3 Å². The molecule has 0 aliphatic rings. The Morgan fingerprint density at radius 1 is 0.581 bits per heavy atom. The fourth-order valence-electron chi connectivity index (χ4n) is 2.73. The molecule has 6 heteroatoms. The maximum Gasteiger partial charge on any atom is 0.240 e. The Morgan fingerprint density at radius 2 is 0.968 bits per heavy atom. The monoisotopic (exact) mass is 413 g/mol. The average molecular weight is 413 g/mol. The highest BCUT2D eigenvalue weighted by molar-refractivity contribution is 5.53. The minimum atomic E-state index is 0.666. The van der Waals surface area contributed by atoms with E-state index in [1.807, 2.05) is 48.5 Å². The summed E-state index contributed by atoms with van der Waals surface area (Å²) in [6, 6.07) is 26.7. The third-order valence-electron chi connectivity index (χ3n) is 3.90. The van der Waals surface area contributed by atoms with Gasteiger partial charge in [-0.3, -0.25) is 0 Å². The van der Waals surface area contributed by atoms with Crippen LogP contribution >= 0.6 is 0 Å². The van der Waals surface area contributed by atoms with Crippen LogP contribution in [0.3, 0.4) is 0 Å². The zero-order chi connectivity index (χ0) is 22.7. The van der Waals surface area contributed by atoms with Crippen LogP contribution in [0.2, 0.25) is 0 Å². The molecule has 0 radical (unpaired) electrons. The Kier molecular flexibility index (Phi) is 12.6. The quantitative estimate of drug-likeness (QED) is 0.447. The number of nitrogens with zero attached hydrogens (tertiary/aromatic N) is 3. The number of hydrogen-bond donors (Lipinski definition) is 0. The van der Waals surface area contributed by atoms with Crippen molar-refractivity contribution in [3.05, 3.63) is 101 Å². The summed E-state index contributed by atoms with van der Waals surface area (Å²) < 4.78 is 0. The zero-order valence-electron chi connectivity index (χ0n) is 17.5. The molecule has 3 rings (SSSR count). The lowest BCUT2D eigenvalue weighted by molar-refractivity contribution is 0.564. The maximum atomic E-state index is 10.6. The van der Waals surface area contributed by atoms with Gasteiger partial charge in [-0.1, -0.05) is 66.7 Å². The first-order valence-electron chi connectivity index (χ1n) is 9.37. The Morgan fingerprint density at radius 3 is 1.29 bits per heavy atom. The fraction of sp³-hybridized carbons (Fsp3) is 0.160. The molecule has 0 aliphatic heterocycles. The molecular weight excluding hydrogens is 390 g/mol. The minimum absolute atomic E-state index is 0.666. The molecule has 156 valence electrons. The van der Waals surface area contributed by atoms with Crippen LogP contribution in [0.15, 0.2) is 93.8 Å². The van der Waals surface area contributed by atoms with Crippen molar-refractivity contribution in [2.75, 3.05) is 14.1 Å². The number of hydrogen-bond acceptors (Lipinski definition) is 6. The van der Waals surface area contributed by atoms with Crippen molar-refractivity contribution in [1.82, 2.24) is 0 Å². The first-order chi connectivity index (χ1) is 15.2. The molecule has 0 unspecified atom stereocenters. The predicted molar refractivity (Wildman–Crippen MR) is 121 cm³/mol. The molecule has 0 bridgehead atoms. The standard InChI is InChI=1S/C21H17NO.2C2H3NO/c23-16-22-21-14-19(11-17-7-3-1-4-8-17)13-20(15-21)12-18-9-5-2-6-10-18;2*1-3-2-4/h1-10,13-15H,11-12H2;2*1H3. The van der Waals surface area contributed by atoms with Crippen molar-refractivity contribution in [1.29, 1.82) is 0 Å². The normalized spacial score (nSPS) is 8.58. The predicted octanol–water partition coefficient (Wildman–Crippen LogP) is 4.74. The summed E-state index contributed by atoms with van der Waals surface area (Å²) in [5, 5.41) is 0. The molecule has 0 aromatic heterocycles. The molecule has 0 N–H and O–H groups in total. The van der Waals surface area contributed by atoms with Gasteiger partial charge in [0.25, 0.3) is 0 Å². The number of isocyanates is 3. The lowest BCUT2D eigenvalue weighted by Gasteiger charge is -2.08. The van der Waals surface area contributed by atoms with E-state index in [0.29, 0.717) is 5.69 Å². The Balaban J connectivity index is 0.000000519. The molecule has 0 amide bonds. The molecular formula is C25H23N3O3. The highest BCUT2D eigenvalue weighted by Crippen LogP contribution is 2.22. The maximum absolute atomic E-state index is 10.6. The van der Waals surface area contributed by atoms with Gasteiger partial charge < -0.3 is 0 Å². The summed E-state index contributed by atoms with van der Waals surface area (Å²) >= 11 is 0. The van der Waals surface area contributed by atoms with Crippen LogP contribution in [0.1, 0.15) is 22.3 Å². The van der Waals surface area contributed by atoms with Gasteiger partial charge in [-0.15, -0.1) is 0 Å². The van der Waals surface area contributed by atoms with E-state index >= 15 is 0 Å². The first-order valence-corrected chi connectivity index (χ1v) is 9.37. The van der Waals surface area contributed by atoms with Crippen LogP contribution in [0.4, 0.5) is 5.69 Å². The number of rotatable bonds is 5. The van der Waals surface area contributed by atoms with Crippen molar-refractivity contribution >= 4 is 23.9 Å². The van der Waals surface area contributed by atoms with Crippen molar-refractivity contribution in [2.45, 2.75) is 12.8 Å². The second-order valence-corrected chi connectivity index (χ2v) is 6.17. The van der Waals surface area contributed by atoms with Crippen molar-refractivity contribution in [2.24, 2.45) is 15.0 Å². The van der Waals surface area contributed by atoms with E-state index in [0.717, 1.165) is 24.0 Å². The van der Waals surface area contributed by atoms with Gasteiger partial charge in [0, 0.05) is 14.1 Å². The molecule has 3 aromatic rings. The Hall–Kier alpha value is -4.20. The smallest absolute Gasteiger partial charge is 0.211 e. The van der Waals surface area contributed by atoms with E-state index in [9.17, 15) is 4.79 Å². The van der Waals surface area contributed by atoms with Gasteiger partial charge in [-0.2, -0.15) is 4.99 Å². The summed E-state index contributed by atoms with van der Waals surface area (Å²) in [5.41, 5.74) is 5.45. The minimum Gasteiger partial charge on any atom is -0.211 e. The zero-order valence-corrected chi connectivity index (χ0v) is 17.5. The van der Waals surface area contributed by atoms with E-state index in [1.165, 1.54) is 37.4 Å². The van der Waals surface area contributed by atoms with Crippen LogP contribution < -0.4 is 0 Å². The Labute approximate surface area is 181 Å². The van der Waals surface area contributed by atoms with Gasteiger partial charge in [0.05, 0.1) is 5.69 Å². The summed E-state index contributed by atoms with van der Waals surface area (Å²) in [5.74, 6) is 0. The highest BCUT2D eigenvalue weighted by Gasteiger charge is 2.04. The van der Waals surface area contributed by atoms with Crippen LogP contribution in [0.25, 0.3) is 0 Å². The summed E-state index contributed by atoms with van der Waals surface area (Å²) in [6.45, 7) is 0. The molecule has 0 spiro atoms. The lowest BCUT2D eigenvalue weighted by atomic mass is 9.98. The molecule has 0 atom stereocenters. The number of carbonyl (C=O) groups excluding carboxylic acids is 3. The van der Waals surface area contributed by atoms with Gasteiger partial charge in [0.1, 0.15) is 0 Å². The molecule has 0 heterocycles. The molecule has 6 nitrogen and oxygen atoms in total. The summed E-state index contributed by atoms with van der Waals surface area (Å²) in [4.78, 5) is 38.1. The van der Waals surface area contributed by atoms with Gasteiger partial charge in [-0.05, 0) is 47.2 Å². The SMILES string of the molecule is CN=C=O.CN=C=O.O=C=Nc1cc(Cc2ccccc2)cc(Cc2ccccc2)c1. The van der Waals surface area contributed by atoms with E-state index in [2.05, 4.69) is 45.3 Å². The first kappa shape index (κ1) is 24.8. The molecule has 0 fully saturated rings. The van der Waals surface area contributed by atoms with Gasteiger partial charge in [0.15, 0.2) is 0 Å². The van der Waals surface area contributed by atoms with E-state index < -0.39 is 0 Å². The van der Waals surface area contributed by atoms with E-state index in [1.54, 1.807) is 6.08 Å². The fourth-order valence-corrected chi connectivity index (χ4v) is 2.73. The highest BCUT2D eigenvalue weighted by atomic mass is 16.1. The summed E-state index contributed by atoms with van der Waals surface area (Å²) in [6.07, 6.45) is 5.90. The molecule has 0 saturated carbocycles. The van der Waals surface area contributed by atoms with Crippen molar-refractivity contribution < 1.29 is 14.4 Å². The largest absolute Gasteiger partial charge is 0.240 e. The summed E-state index contributed by atoms with van der Waals surface area (Å²) in [7, 11) is 2.76. The number of benzene rings is 3. The van der Waals surface area contributed by atoms with Crippen molar-refractivity contribution in [3.8, 4) is 0 Å². The third kappa shape index (κ3) is 10.8. The second-order valence-electron chi connectivity index (χ2n) is 6.17. The molecule has 3 aromatic carbocycles. The third-order valence-corrected chi connectivity index (χ3v) is 3.90. The van der Waals surface area contributed by atoms with Gasteiger partial charge in [-0.25, -0.2) is 24.4 Å². The van der Waals surface area contributed by atoms with Crippen LogP contribution in [0.5, 0.6) is 0 Å². The van der Waals surface area contributed by atoms with E-state index in [-0.39, 0.29) is 0 Å². The van der Waals surface area contributed by atoms with Crippen LogP contribution in [-0.2, 0) is 27.2 Å². The van der Waals surface area contributed by atoms with E-state index in [4.69, 9.17) is 9.59 Å². The molecule has 31 heavy (non-hydrogen) atoms. The van der Waals surface area contributed by atoms with Crippen LogP contribution in [0, 0.1) is 0 Å². The van der Waals surface area contributed by atoms with Crippen molar-refractivity contribution in [3.63, 3.8) is 0 Å².